The van der Waals surface area contributed by atoms with E-state index in [9.17, 15) is 4.79 Å². The molecule has 0 aliphatic carbocycles. The first-order valence-electron chi connectivity index (χ1n) is 6.85. The Morgan fingerprint density at radius 3 is 2.32 bits per heavy atom. The van der Waals surface area contributed by atoms with E-state index in [0.717, 1.165) is 22.2 Å². The van der Waals surface area contributed by atoms with Gasteiger partial charge in [-0.3, -0.25) is 4.79 Å². The number of rotatable bonds is 3. The number of fused-ring (bicyclic) bond motifs is 1. The maximum absolute atomic E-state index is 10.7. The summed E-state index contributed by atoms with van der Waals surface area (Å²) in [5.74, 6) is 1.56. The van der Waals surface area contributed by atoms with Crippen LogP contribution < -0.4 is 0 Å². The van der Waals surface area contributed by atoms with Gasteiger partial charge in [-0.05, 0) is 36.4 Å². The maximum atomic E-state index is 10.7. The predicted molar refractivity (Wildman–Crippen MR) is 82.5 cm³/mol. The van der Waals surface area contributed by atoms with Crippen LogP contribution in [0.5, 0.6) is 0 Å². The van der Waals surface area contributed by atoms with Crippen LogP contribution in [0.2, 0.25) is 0 Å². The van der Waals surface area contributed by atoms with Gasteiger partial charge in [0.2, 0.25) is 5.89 Å². The maximum Gasteiger partial charge on any atom is 0.227 e. The molecule has 0 fully saturated rings. The molecular weight excluding hydrogens is 278 g/mol. The topological polar surface area (TPSA) is 56.2 Å². The molecule has 0 aliphatic heterocycles. The first-order valence-corrected chi connectivity index (χ1v) is 6.85. The van der Waals surface area contributed by atoms with Crippen LogP contribution in [0.25, 0.3) is 33.9 Å². The van der Waals surface area contributed by atoms with Crippen molar-refractivity contribution in [3.05, 3.63) is 66.4 Å². The minimum absolute atomic E-state index is 0.318. The highest BCUT2D eigenvalue weighted by Crippen LogP contribution is 2.27. The molecule has 0 spiro atoms. The van der Waals surface area contributed by atoms with E-state index in [1.807, 2.05) is 48.5 Å². The molecule has 0 saturated heterocycles. The minimum atomic E-state index is 0.318. The molecule has 0 unspecified atom stereocenters. The fourth-order valence-electron chi connectivity index (χ4n) is 2.34. The Hall–Kier alpha value is -3.14. The lowest BCUT2D eigenvalue weighted by Crippen LogP contribution is -1.79. The second-order valence-corrected chi connectivity index (χ2v) is 4.88. The summed E-state index contributed by atoms with van der Waals surface area (Å²) >= 11 is 0. The van der Waals surface area contributed by atoms with Crippen LogP contribution >= 0.6 is 0 Å². The van der Waals surface area contributed by atoms with Crippen LogP contribution in [-0.4, -0.2) is 11.3 Å². The summed E-state index contributed by atoms with van der Waals surface area (Å²) in [6.45, 7) is 0. The molecule has 4 rings (SSSR count). The lowest BCUT2D eigenvalue weighted by Gasteiger charge is -1.98. The summed E-state index contributed by atoms with van der Waals surface area (Å²) < 4.78 is 11.1. The van der Waals surface area contributed by atoms with Crippen LogP contribution in [-0.2, 0) is 0 Å². The molecule has 2 heterocycles. The van der Waals surface area contributed by atoms with Crippen molar-refractivity contribution >= 4 is 17.4 Å². The van der Waals surface area contributed by atoms with Gasteiger partial charge < -0.3 is 8.83 Å². The molecule has 106 valence electrons. The first kappa shape index (κ1) is 12.6. The molecule has 2 aromatic heterocycles. The van der Waals surface area contributed by atoms with E-state index in [1.165, 1.54) is 0 Å². The normalized spacial score (nSPS) is 10.9. The molecule has 0 radical (unpaired) electrons. The number of carbonyl (C=O) groups excluding carboxylic acids is 1. The largest absolute Gasteiger partial charge is 0.453 e. The van der Waals surface area contributed by atoms with Gasteiger partial charge in [0, 0.05) is 11.1 Å². The monoisotopic (exact) mass is 289 g/mol. The third-order valence-corrected chi connectivity index (χ3v) is 3.45. The Morgan fingerprint density at radius 1 is 0.818 bits per heavy atom. The van der Waals surface area contributed by atoms with Crippen LogP contribution in [0.4, 0.5) is 0 Å². The molecule has 4 heteroatoms. The van der Waals surface area contributed by atoms with Crippen molar-refractivity contribution in [3.63, 3.8) is 0 Å². The number of aldehydes is 1. The number of hydrogen-bond donors (Lipinski definition) is 0. The highest BCUT2D eigenvalue weighted by Gasteiger charge is 2.09. The number of benzene rings is 2. The summed E-state index contributed by atoms with van der Waals surface area (Å²) in [7, 11) is 0. The van der Waals surface area contributed by atoms with Gasteiger partial charge in [0.1, 0.15) is 11.3 Å². The molecule has 0 atom stereocenters. The SMILES string of the molecule is O=Cc1ccc(-c2ccc(-c3nc4ccccc4o3)cc2)o1. The number of nitrogens with zero attached hydrogens (tertiary/aromatic N) is 1. The Labute approximate surface area is 126 Å². The van der Waals surface area contributed by atoms with Crippen molar-refractivity contribution in [3.8, 4) is 22.8 Å². The molecular formula is C18H11NO3. The third kappa shape index (κ3) is 2.11. The van der Waals surface area contributed by atoms with Crippen molar-refractivity contribution in [1.29, 1.82) is 0 Å². The van der Waals surface area contributed by atoms with E-state index < -0.39 is 0 Å². The Morgan fingerprint density at radius 2 is 1.59 bits per heavy atom. The van der Waals surface area contributed by atoms with Crippen molar-refractivity contribution in [1.82, 2.24) is 4.98 Å². The quantitative estimate of drug-likeness (QED) is 0.518. The molecule has 0 saturated carbocycles. The molecule has 0 amide bonds. The van der Waals surface area contributed by atoms with Gasteiger partial charge in [0.05, 0.1) is 0 Å². The number of oxazole rings is 1. The lowest BCUT2D eigenvalue weighted by molar-refractivity contribution is 0.110. The van der Waals surface area contributed by atoms with Crippen molar-refractivity contribution < 1.29 is 13.6 Å². The Kier molecular flexibility index (Phi) is 2.86. The predicted octanol–water partition coefficient (Wildman–Crippen LogP) is 4.57. The zero-order chi connectivity index (χ0) is 14.9. The van der Waals surface area contributed by atoms with Crippen molar-refractivity contribution in [2.45, 2.75) is 0 Å². The number of hydrogen-bond acceptors (Lipinski definition) is 4. The number of aromatic nitrogens is 1. The third-order valence-electron chi connectivity index (χ3n) is 3.45. The standard InChI is InChI=1S/C18H11NO3/c20-11-14-9-10-16(21-14)12-5-7-13(8-6-12)18-19-15-3-1-2-4-17(15)22-18/h1-11H. The van der Waals surface area contributed by atoms with Gasteiger partial charge in [-0.2, -0.15) is 0 Å². The average Bonchev–Trinajstić information content (AvgIpc) is 3.21. The minimum Gasteiger partial charge on any atom is -0.453 e. The van der Waals surface area contributed by atoms with Crippen LogP contribution in [0.15, 0.2) is 69.5 Å². The van der Waals surface area contributed by atoms with Gasteiger partial charge in [-0.25, -0.2) is 4.98 Å². The fourth-order valence-corrected chi connectivity index (χ4v) is 2.34. The van der Waals surface area contributed by atoms with E-state index in [1.54, 1.807) is 12.1 Å². The van der Waals surface area contributed by atoms with E-state index in [4.69, 9.17) is 8.83 Å². The van der Waals surface area contributed by atoms with Gasteiger partial charge in [0.25, 0.3) is 0 Å². The van der Waals surface area contributed by atoms with Crippen LogP contribution in [0.1, 0.15) is 10.6 Å². The van der Waals surface area contributed by atoms with E-state index in [0.29, 0.717) is 23.7 Å². The summed E-state index contributed by atoms with van der Waals surface area (Å²) in [4.78, 5) is 15.1. The second-order valence-electron chi connectivity index (χ2n) is 4.88. The summed E-state index contributed by atoms with van der Waals surface area (Å²) in [5, 5.41) is 0. The Balaban J connectivity index is 1.70. The van der Waals surface area contributed by atoms with E-state index in [2.05, 4.69) is 4.98 Å². The molecule has 2 aromatic carbocycles. The van der Waals surface area contributed by atoms with Gasteiger partial charge in [-0.15, -0.1) is 0 Å². The fraction of sp³-hybridized carbons (Fsp3) is 0. The number of para-hydroxylation sites is 2. The van der Waals surface area contributed by atoms with Crippen LogP contribution in [0.3, 0.4) is 0 Å². The molecule has 4 nitrogen and oxygen atoms in total. The van der Waals surface area contributed by atoms with Gasteiger partial charge >= 0.3 is 0 Å². The highest BCUT2D eigenvalue weighted by atomic mass is 16.4. The van der Waals surface area contributed by atoms with Gasteiger partial charge in [-0.1, -0.05) is 24.3 Å². The highest BCUT2D eigenvalue weighted by molar-refractivity contribution is 5.77. The Bertz CT molecular complexity index is 915. The average molecular weight is 289 g/mol. The summed E-state index contributed by atoms with van der Waals surface area (Å²) in [5.41, 5.74) is 3.39. The van der Waals surface area contributed by atoms with Crippen LogP contribution in [0, 0.1) is 0 Å². The van der Waals surface area contributed by atoms with Crippen molar-refractivity contribution in [2.24, 2.45) is 0 Å². The van der Waals surface area contributed by atoms with Crippen molar-refractivity contribution in [2.75, 3.05) is 0 Å². The zero-order valence-corrected chi connectivity index (χ0v) is 11.5. The molecule has 0 N–H and O–H groups in total. The lowest BCUT2D eigenvalue weighted by atomic mass is 10.1. The van der Waals surface area contributed by atoms with Gasteiger partial charge in [0.15, 0.2) is 17.6 Å². The van der Waals surface area contributed by atoms with E-state index in [-0.39, 0.29) is 0 Å². The van der Waals surface area contributed by atoms with E-state index >= 15 is 0 Å². The molecule has 22 heavy (non-hydrogen) atoms. The summed E-state index contributed by atoms with van der Waals surface area (Å²) in [6.07, 6.45) is 0.691. The molecule has 0 aliphatic rings. The number of carbonyl (C=O) groups is 1. The first-order chi connectivity index (χ1) is 10.8. The molecule has 0 bridgehead atoms. The second kappa shape index (κ2) is 5.00. The summed E-state index contributed by atoms with van der Waals surface area (Å²) in [6, 6.07) is 18.8. The molecule has 4 aromatic rings. The smallest absolute Gasteiger partial charge is 0.227 e. The zero-order valence-electron chi connectivity index (χ0n) is 11.5. The number of furan rings is 1.